The van der Waals surface area contributed by atoms with Gasteiger partial charge in [-0.2, -0.15) is 13.5 Å². The highest BCUT2D eigenvalue weighted by atomic mass is 35.5. The first-order valence-electron chi connectivity index (χ1n) is 9.52. The molecule has 0 aromatic heterocycles. The number of ether oxygens (including phenoxy) is 1. The van der Waals surface area contributed by atoms with Crippen LogP contribution in [0.15, 0.2) is 101 Å². The molecule has 0 saturated carbocycles. The summed E-state index contributed by atoms with van der Waals surface area (Å²) in [6.45, 7) is 0. The third-order valence-corrected chi connectivity index (χ3v) is 6.02. The van der Waals surface area contributed by atoms with E-state index in [2.05, 4.69) is 9.93 Å². The summed E-state index contributed by atoms with van der Waals surface area (Å²) in [6.07, 6.45) is 1.36. The van der Waals surface area contributed by atoms with Gasteiger partial charge in [-0.05, 0) is 70.9 Å². The Hall–Kier alpha value is -3.68. The lowest BCUT2D eigenvalue weighted by molar-refractivity contribution is 0.0734. The third kappa shape index (κ3) is 5.14. The van der Waals surface area contributed by atoms with Crippen LogP contribution in [0.2, 0.25) is 5.02 Å². The number of carbonyl (C=O) groups is 1. The highest BCUT2D eigenvalue weighted by Crippen LogP contribution is 2.19. The van der Waals surface area contributed by atoms with Crippen molar-refractivity contribution in [2.45, 2.75) is 4.90 Å². The van der Waals surface area contributed by atoms with Gasteiger partial charge in [0.1, 0.15) is 5.75 Å². The number of halogens is 1. The first-order valence-corrected chi connectivity index (χ1v) is 11.4. The molecule has 0 saturated heterocycles. The molecule has 8 heteroatoms. The number of nitrogens with one attached hydrogen (secondary N) is 1. The number of hydrogen-bond donors (Lipinski definition) is 1. The molecule has 0 aliphatic carbocycles. The predicted molar refractivity (Wildman–Crippen MR) is 125 cm³/mol. The van der Waals surface area contributed by atoms with E-state index in [1.807, 2.05) is 24.3 Å². The molecule has 6 nitrogen and oxygen atoms in total. The molecular formula is C24H17ClN2O4S. The smallest absolute Gasteiger partial charge is 0.343 e. The number of fused-ring (bicyclic) bond motifs is 1. The van der Waals surface area contributed by atoms with E-state index in [1.54, 1.807) is 54.6 Å². The monoisotopic (exact) mass is 464 g/mol. The summed E-state index contributed by atoms with van der Waals surface area (Å²) < 4.78 is 30.3. The highest BCUT2D eigenvalue weighted by molar-refractivity contribution is 7.89. The van der Waals surface area contributed by atoms with Crippen molar-refractivity contribution in [3.05, 3.63) is 107 Å². The van der Waals surface area contributed by atoms with Gasteiger partial charge < -0.3 is 4.74 Å². The maximum atomic E-state index is 12.5. The van der Waals surface area contributed by atoms with Gasteiger partial charge in [0.2, 0.25) is 0 Å². The summed E-state index contributed by atoms with van der Waals surface area (Å²) in [5, 5.41) is 6.05. The Balaban J connectivity index is 1.40. The first kappa shape index (κ1) is 21.5. The molecule has 0 fully saturated rings. The fourth-order valence-corrected chi connectivity index (χ4v) is 3.98. The lowest BCUT2D eigenvalue weighted by Gasteiger charge is -2.06. The standard InChI is InChI=1S/C24H17ClN2O4S/c25-21-7-3-6-20(14-21)24(28)31-22-11-8-17(9-12-22)16-26-27-32(29,30)23-13-10-18-4-1-2-5-19(18)15-23/h1-16,27H/b26-16-. The molecule has 4 aromatic carbocycles. The average Bonchev–Trinajstić information content (AvgIpc) is 2.80. The van der Waals surface area contributed by atoms with E-state index in [9.17, 15) is 13.2 Å². The van der Waals surface area contributed by atoms with E-state index in [4.69, 9.17) is 16.3 Å². The minimum Gasteiger partial charge on any atom is -0.423 e. The molecule has 1 N–H and O–H groups in total. The van der Waals surface area contributed by atoms with Crippen LogP contribution in [0.3, 0.4) is 0 Å². The van der Waals surface area contributed by atoms with E-state index in [1.165, 1.54) is 18.3 Å². The van der Waals surface area contributed by atoms with Gasteiger partial charge in [-0.1, -0.05) is 48.0 Å². The van der Waals surface area contributed by atoms with Gasteiger partial charge in [0.05, 0.1) is 16.7 Å². The normalized spacial score (nSPS) is 11.5. The Morgan fingerprint density at radius 1 is 0.875 bits per heavy atom. The molecule has 0 atom stereocenters. The van der Waals surface area contributed by atoms with Crippen molar-refractivity contribution in [1.82, 2.24) is 4.83 Å². The van der Waals surface area contributed by atoms with Gasteiger partial charge in [0, 0.05) is 5.02 Å². The molecule has 0 heterocycles. The fraction of sp³-hybridized carbons (Fsp3) is 0. The summed E-state index contributed by atoms with van der Waals surface area (Å²) in [4.78, 5) is 14.5. The number of esters is 1. The Morgan fingerprint density at radius 2 is 1.62 bits per heavy atom. The van der Waals surface area contributed by atoms with E-state index in [0.717, 1.165) is 10.8 Å². The van der Waals surface area contributed by atoms with Crippen LogP contribution < -0.4 is 9.57 Å². The number of rotatable bonds is 6. The number of hydrogen-bond acceptors (Lipinski definition) is 5. The van der Waals surface area contributed by atoms with Gasteiger partial charge in [0.25, 0.3) is 10.0 Å². The van der Waals surface area contributed by atoms with Crippen LogP contribution >= 0.6 is 11.6 Å². The number of carbonyl (C=O) groups excluding carboxylic acids is 1. The zero-order valence-electron chi connectivity index (χ0n) is 16.6. The van der Waals surface area contributed by atoms with Crippen LogP contribution in [0.25, 0.3) is 10.8 Å². The van der Waals surface area contributed by atoms with Crippen LogP contribution in [-0.4, -0.2) is 20.6 Å². The summed E-state index contributed by atoms with van der Waals surface area (Å²) in [5.74, 6) is -0.194. The molecule has 0 bridgehead atoms. The van der Waals surface area contributed by atoms with Crippen LogP contribution in [-0.2, 0) is 10.0 Å². The summed E-state index contributed by atoms with van der Waals surface area (Å²) in [7, 11) is -3.81. The van der Waals surface area contributed by atoms with Crippen LogP contribution in [0.1, 0.15) is 15.9 Å². The third-order valence-electron chi connectivity index (χ3n) is 4.57. The number of nitrogens with zero attached hydrogens (tertiary/aromatic N) is 1. The second kappa shape index (κ2) is 9.21. The molecule has 0 unspecified atom stereocenters. The molecule has 160 valence electrons. The maximum absolute atomic E-state index is 12.5. The van der Waals surface area contributed by atoms with Crippen LogP contribution in [0.4, 0.5) is 0 Å². The molecule has 4 rings (SSSR count). The summed E-state index contributed by atoms with van der Waals surface area (Å²) in [5.41, 5.74) is 0.958. The zero-order valence-corrected chi connectivity index (χ0v) is 18.2. The SMILES string of the molecule is O=C(Oc1ccc(/C=N\NS(=O)(=O)c2ccc3ccccc3c2)cc1)c1cccc(Cl)c1. The molecule has 0 aliphatic rings. The minimum atomic E-state index is -3.81. The average molecular weight is 465 g/mol. The van der Waals surface area contributed by atoms with Crippen LogP contribution in [0, 0.1) is 0 Å². The lowest BCUT2D eigenvalue weighted by atomic mass is 10.1. The van der Waals surface area contributed by atoms with Gasteiger partial charge in [-0.3, -0.25) is 0 Å². The Labute approximate surface area is 190 Å². The fourth-order valence-electron chi connectivity index (χ4n) is 2.96. The Kier molecular flexibility index (Phi) is 6.20. The molecule has 4 aromatic rings. The molecule has 0 radical (unpaired) electrons. The Bertz CT molecular complexity index is 1420. The van der Waals surface area contributed by atoms with Gasteiger partial charge in [-0.15, -0.1) is 0 Å². The van der Waals surface area contributed by atoms with Gasteiger partial charge in [-0.25, -0.2) is 9.63 Å². The largest absolute Gasteiger partial charge is 0.423 e. The van der Waals surface area contributed by atoms with Crippen molar-refractivity contribution in [3.8, 4) is 5.75 Å². The topological polar surface area (TPSA) is 84.8 Å². The van der Waals surface area contributed by atoms with Crippen LogP contribution in [0.5, 0.6) is 5.75 Å². The highest BCUT2D eigenvalue weighted by Gasteiger charge is 2.13. The van der Waals surface area contributed by atoms with Crippen molar-refractivity contribution in [1.29, 1.82) is 0 Å². The van der Waals surface area contributed by atoms with E-state index < -0.39 is 16.0 Å². The molecule has 0 spiro atoms. The Morgan fingerprint density at radius 3 is 2.38 bits per heavy atom. The molecule has 0 amide bonds. The number of sulfonamides is 1. The minimum absolute atomic E-state index is 0.122. The van der Waals surface area contributed by atoms with Gasteiger partial charge >= 0.3 is 5.97 Å². The lowest BCUT2D eigenvalue weighted by Crippen LogP contribution is -2.18. The quantitative estimate of drug-likeness (QED) is 0.188. The summed E-state index contributed by atoms with van der Waals surface area (Å²) >= 11 is 5.89. The van der Waals surface area contributed by atoms with Crippen molar-refractivity contribution in [3.63, 3.8) is 0 Å². The maximum Gasteiger partial charge on any atom is 0.343 e. The second-order valence-corrected chi connectivity index (χ2v) is 8.93. The van der Waals surface area contributed by atoms with E-state index in [-0.39, 0.29) is 4.90 Å². The molecule has 0 aliphatic heterocycles. The van der Waals surface area contributed by atoms with Gasteiger partial charge in [0.15, 0.2) is 0 Å². The number of benzene rings is 4. The van der Waals surface area contributed by atoms with Crippen molar-refractivity contribution in [2.75, 3.05) is 0 Å². The second-order valence-electron chi connectivity index (χ2n) is 6.83. The van der Waals surface area contributed by atoms with E-state index >= 15 is 0 Å². The molecule has 32 heavy (non-hydrogen) atoms. The van der Waals surface area contributed by atoms with Crippen molar-refractivity contribution < 1.29 is 17.9 Å². The van der Waals surface area contributed by atoms with Crippen molar-refractivity contribution in [2.24, 2.45) is 5.10 Å². The van der Waals surface area contributed by atoms with Crippen molar-refractivity contribution >= 4 is 44.6 Å². The van der Waals surface area contributed by atoms with E-state index in [0.29, 0.717) is 21.9 Å². The zero-order chi connectivity index (χ0) is 22.6. The first-order chi connectivity index (χ1) is 15.4. The predicted octanol–water partition coefficient (Wildman–Crippen LogP) is 5.02. The number of hydrazone groups is 1. The molecular weight excluding hydrogens is 448 g/mol. The summed E-state index contributed by atoms with van der Waals surface area (Å²) in [6, 6.07) is 25.3.